The Balaban J connectivity index is 0.000000963. The first-order valence-electron chi connectivity index (χ1n) is 4.68. The molecule has 1 aromatic heterocycles. The summed E-state index contributed by atoms with van der Waals surface area (Å²) in [6.45, 7) is 0. The number of hydrogen-bond donors (Lipinski definition) is 0. The Morgan fingerprint density at radius 3 is 2.62 bits per heavy atom. The van der Waals surface area contributed by atoms with Gasteiger partial charge in [-0.25, -0.2) is 0 Å². The third kappa shape index (κ3) is 1.70. The van der Waals surface area contributed by atoms with Crippen LogP contribution in [0.3, 0.4) is 0 Å². The molecule has 2 aromatic carbocycles. The molecule has 0 aliphatic rings. The molecule has 0 aliphatic carbocycles. The van der Waals surface area contributed by atoms with Gasteiger partial charge in [0.15, 0.2) is 0 Å². The van der Waals surface area contributed by atoms with Crippen molar-refractivity contribution in [3.63, 3.8) is 0 Å². The van der Waals surface area contributed by atoms with Gasteiger partial charge >= 0.3 is 18.9 Å². The molecule has 0 radical (unpaired) electrons. The van der Waals surface area contributed by atoms with Crippen molar-refractivity contribution in [3.8, 4) is 0 Å². The molecule has 0 spiro atoms. The summed E-state index contributed by atoms with van der Waals surface area (Å²) in [6.07, 6.45) is 0. The van der Waals surface area contributed by atoms with Gasteiger partial charge in [-0.2, -0.15) is 11.3 Å². The normalized spacial score (nSPS) is 10.2. The van der Waals surface area contributed by atoms with Gasteiger partial charge in [0.2, 0.25) is 0 Å². The number of rotatable bonds is 0. The molecular weight excluding hydrogens is 211 g/mol. The predicted octanol–water partition coefficient (Wildman–Crippen LogP) is 0.219. The van der Waals surface area contributed by atoms with Crippen LogP contribution in [0.15, 0.2) is 47.3 Å². The Kier molecular flexibility index (Phi) is 3.16. The van der Waals surface area contributed by atoms with Crippen molar-refractivity contribution in [2.75, 3.05) is 0 Å². The summed E-state index contributed by atoms with van der Waals surface area (Å²) in [6, 6.07) is 16.4. The van der Waals surface area contributed by atoms with Gasteiger partial charge in [-0.15, -0.1) is 24.3 Å². The van der Waals surface area contributed by atoms with Crippen LogP contribution in [-0.2, 0) is 0 Å². The maximum absolute atomic E-state index is 12.1. The molecule has 0 saturated heterocycles. The van der Waals surface area contributed by atoms with E-state index in [9.17, 15) is 4.79 Å². The maximum atomic E-state index is 12.1. The molecule has 3 rings (SSSR count). The first-order chi connectivity index (χ1) is 7.36. The van der Waals surface area contributed by atoms with Gasteiger partial charge in [-0.1, -0.05) is 28.3 Å². The molecule has 16 heavy (non-hydrogen) atoms. The summed E-state index contributed by atoms with van der Waals surface area (Å²) in [5.74, 6) is 0. The molecule has 0 N–H and O–H groups in total. The van der Waals surface area contributed by atoms with E-state index < -0.39 is 0 Å². The summed E-state index contributed by atoms with van der Waals surface area (Å²) < 4.78 is 2.04. The van der Waals surface area contributed by atoms with E-state index in [0.29, 0.717) is 5.39 Å². The molecule has 0 amide bonds. The molecule has 72 valence electrons. The van der Waals surface area contributed by atoms with E-state index in [1.54, 1.807) is 17.4 Å². The first-order valence-corrected chi connectivity index (χ1v) is 5.50. The van der Waals surface area contributed by atoms with Crippen LogP contribution in [-0.4, -0.2) is 0 Å². The van der Waals surface area contributed by atoms with Crippen molar-refractivity contribution in [1.82, 2.24) is 0 Å². The van der Waals surface area contributed by atoms with Crippen LogP contribution in [0.1, 0.15) is 0 Å². The van der Waals surface area contributed by atoms with E-state index in [2.05, 4.69) is 6.07 Å². The van der Waals surface area contributed by atoms with Crippen LogP contribution in [0, 0.1) is 6.07 Å². The molecule has 0 unspecified atom stereocenters. The largest absolute Gasteiger partial charge is 1.00 e. The molecule has 0 bridgehead atoms. The zero-order valence-electron chi connectivity index (χ0n) is 8.86. The van der Waals surface area contributed by atoms with E-state index in [-0.39, 0.29) is 24.3 Å². The maximum Gasteiger partial charge on any atom is 1.00 e. The van der Waals surface area contributed by atoms with E-state index >= 15 is 0 Å². The third-order valence-electron chi connectivity index (χ3n) is 2.40. The van der Waals surface area contributed by atoms with E-state index in [0.717, 1.165) is 14.8 Å². The summed E-state index contributed by atoms with van der Waals surface area (Å²) in [7, 11) is 0. The zero-order valence-corrected chi connectivity index (χ0v) is 9.67. The quantitative estimate of drug-likeness (QED) is 0.300. The van der Waals surface area contributed by atoms with Crippen molar-refractivity contribution in [3.05, 3.63) is 58.8 Å². The minimum absolute atomic E-state index is 0. The topological polar surface area (TPSA) is 17.1 Å². The predicted molar refractivity (Wildman–Crippen MR) is 64.4 cm³/mol. The van der Waals surface area contributed by atoms with Gasteiger partial charge in [0.05, 0.1) is 0 Å². The smallest absolute Gasteiger partial charge is 0.346 e. The number of benzene rings is 2. The molecule has 0 saturated carbocycles. The van der Waals surface area contributed by atoms with Gasteiger partial charge in [-0.3, -0.25) is 0 Å². The second kappa shape index (κ2) is 4.43. The molecule has 3 heteroatoms. The first kappa shape index (κ1) is 11.4. The molecule has 1 heterocycles. The van der Waals surface area contributed by atoms with Crippen molar-refractivity contribution < 1.29 is 18.9 Å². The van der Waals surface area contributed by atoms with Gasteiger partial charge in [-0.05, 0) is 11.5 Å². The SMILES string of the molecule is O=c1c2[c-]cccc2sc2ccccc12.[Li+]. The van der Waals surface area contributed by atoms with Crippen molar-refractivity contribution in [1.29, 1.82) is 0 Å². The van der Waals surface area contributed by atoms with E-state index in [1.807, 2.05) is 36.4 Å². The Morgan fingerprint density at radius 1 is 1.00 bits per heavy atom. The van der Waals surface area contributed by atoms with Crippen LogP contribution in [0.25, 0.3) is 20.2 Å². The molecule has 0 aliphatic heterocycles. The van der Waals surface area contributed by atoms with Crippen LogP contribution in [0.2, 0.25) is 0 Å². The Hall–Kier alpha value is -1.07. The van der Waals surface area contributed by atoms with Crippen LogP contribution < -0.4 is 24.3 Å². The Morgan fingerprint density at radius 2 is 1.75 bits per heavy atom. The summed E-state index contributed by atoms with van der Waals surface area (Å²) in [5, 5.41) is 1.48. The fraction of sp³-hybridized carbons (Fsp3) is 0. The fourth-order valence-corrected chi connectivity index (χ4v) is 2.73. The second-order valence-electron chi connectivity index (χ2n) is 3.34. The molecule has 0 fully saturated rings. The van der Waals surface area contributed by atoms with Gasteiger partial charge in [0.1, 0.15) is 5.43 Å². The standard InChI is InChI=1S/C13H7OS.Li/c14-13-9-5-1-3-7-11(9)15-12-8-4-2-6-10(12)13;/h1-5,7-8H;/q-1;+1. The average molecular weight is 218 g/mol. The van der Waals surface area contributed by atoms with Crippen molar-refractivity contribution >= 4 is 31.5 Å². The van der Waals surface area contributed by atoms with Gasteiger partial charge in [0, 0.05) is 4.70 Å². The van der Waals surface area contributed by atoms with Crippen molar-refractivity contribution in [2.24, 2.45) is 0 Å². The minimum Gasteiger partial charge on any atom is -0.346 e. The minimum atomic E-state index is 0. The zero-order chi connectivity index (χ0) is 10.3. The summed E-state index contributed by atoms with van der Waals surface area (Å²) >= 11 is 1.63. The molecule has 1 nitrogen and oxygen atoms in total. The summed E-state index contributed by atoms with van der Waals surface area (Å²) in [5.41, 5.74) is 0.0833. The third-order valence-corrected chi connectivity index (χ3v) is 3.53. The van der Waals surface area contributed by atoms with Crippen LogP contribution in [0.5, 0.6) is 0 Å². The molecule has 0 atom stereocenters. The Labute approximate surface area is 109 Å². The van der Waals surface area contributed by atoms with E-state index in [4.69, 9.17) is 0 Å². The van der Waals surface area contributed by atoms with E-state index in [1.165, 1.54) is 0 Å². The van der Waals surface area contributed by atoms with Crippen LogP contribution >= 0.6 is 11.3 Å². The average Bonchev–Trinajstić information content (AvgIpc) is 2.30. The fourth-order valence-electron chi connectivity index (χ4n) is 1.68. The van der Waals surface area contributed by atoms with Crippen LogP contribution in [0.4, 0.5) is 0 Å². The van der Waals surface area contributed by atoms with Gasteiger partial charge in [0.25, 0.3) is 0 Å². The second-order valence-corrected chi connectivity index (χ2v) is 4.42. The number of hydrogen-bond acceptors (Lipinski definition) is 2. The Bertz CT molecular complexity index is 646. The van der Waals surface area contributed by atoms with Gasteiger partial charge < -0.3 is 4.79 Å². The van der Waals surface area contributed by atoms with Crippen molar-refractivity contribution in [2.45, 2.75) is 0 Å². The molecule has 3 aromatic rings. The summed E-state index contributed by atoms with van der Waals surface area (Å²) in [4.78, 5) is 12.1. The number of fused-ring (bicyclic) bond motifs is 2. The monoisotopic (exact) mass is 218 g/mol. The molecular formula is C13H7LiOS.